The molecule has 0 bridgehead atoms. The molecule has 0 saturated carbocycles. The zero-order chi connectivity index (χ0) is 21.0. The SMILES string of the molecule is O=C(CN1C(=O)/C(=C/c2ccccc2Cl)SC1=S)NCCc1ccc(O)c(O)c1. The summed E-state index contributed by atoms with van der Waals surface area (Å²) >= 11 is 12.5. The first-order valence-electron chi connectivity index (χ1n) is 8.62. The molecule has 1 fully saturated rings. The van der Waals surface area contributed by atoms with Crippen molar-refractivity contribution < 1.29 is 19.8 Å². The number of carbonyl (C=O) groups is 2. The molecule has 3 N–H and O–H groups in total. The average molecular weight is 449 g/mol. The molecule has 9 heteroatoms. The van der Waals surface area contributed by atoms with Gasteiger partial charge in [-0.1, -0.05) is 59.8 Å². The molecular weight excluding hydrogens is 432 g/mol. The molecule has 6 nitrogen and oxygen atoms in total. The van der Waals surface area contributed by atoms with Crippen molar-refractivity contribution >= 4 is 57.8 Å². The maximum absolute atomic E-state index is 12.6. The zero-order valence-corrected chi connectivity index (χ0v) is 17.5. The highest BCUT2D eigenvalue weighted by Gasteiger charge is 2.33. The van der Waals surface area contributed by atoms with Gasteiger partial charge in [-0.05, 0) is 41.8 Å². The van der Waals surface area contributed by atoms with Crippen LogP contribution < -0.4 is 5.32 Å². The van der Waals surface area contributed by atoms with Gasteiger partial charge in [0, 0.05) is 11.6 Å². The minimum absolute atomic E-state index is 0.175. The molecule has 29 heavy (non-hydrogen) atoms. The summed E-state index contributed by atoms with van der Waals surface area (Å²) in [6, 6.07) is 11.6. The lowest BCUT2D eigenvalue weighted by Gasteiger charge is -2.14. The van der Waals surface area contributed by atoms with Gasteiger partial charge in [-0.15, -0.1) is 0 Å². The molecule has 2 amide bonds. The third kappa shape index (κ3) is 5.29. The third-order valence-electron chi connectivity index (χ3n) is 4.14. The summed E-state index contributed by atoms with van der Waals surface area (Å²) in [6.07, 6.45) is 2.13. The van der Waals surface area contributed by atoms with E-state index in [2.05, 4.69) is 5.32 Å². The molecule has 1 saturated heterocycles. The standard InChI is InChI=1S/C20H17ClN2O4S2/c21-14-4-2-1-3-13(14)10-17-19(27)23(20(28)29-17)11-18(26)22-8-7-12-5-6-15(24)16(25)9-12/h1-6,9-10,24-25H,7-8,11H2,(H,22,26)/b17-10-. The maximum Gasteiger partial charge on any atom is 0.266 e. The summed E-state index contributed by atoms with van der Waals surface area (Å²) in [5.74, 6) is -1.09. The van der Waals surface area contributed by atoms with Crippen LogP contribution in [0.2, 0.25) is 5.02 Å². The Hall–Kier alpha value is -2.55. The Morgan fingerprint density at radius 2 is 1.97 bits per heavy atom. The zero-order valence-electron chi connectivity index (χ0n) is 15.1. The van der Waals surface area contributed by atoms with Crippen molar-refractivity contribution in [3.63, 3.8) is 0 Å². The first kappa shape index (κ1) is 21.2. The van der Waals surface area contributed by atoms with Crippen LogP contribution in [-0.4, -0.2) is 44.3 Å². The number of phenols is 2. The summed E-state index contributed by atoms with van der Waals surface area (Å²) in [5.41, 5.74) is 1.46. The number of rotatable bonds is 6. The quantitative estimate of drug-likeness (QED) is 0.357. The number of thiocarbonyl (C=S) groups is 1. The van der Waals surface area contributed by atoms with Crippen LogP contribution in [0, 0.1) is 0 Å². The Morgan fingerprint density at radius 1 is 1.21 bits per heavy atom. The van der Waals surface area contributed by atoms with E-state index in [9.17, 15) is 19.8 Å². The molecule has 2 aromatic rings. The van der Waals surface area contributed by atoms with E-state index in [0.717, 1.165) is 17.3 Å². The highest BCUT2D eigenvalue weighted by Crippen LogP contribution is 2.33. The normalized spacial score (nSPS) is 15.2. The van der Waals surface area contributed by atoms with E-state index in [1.54, 1.807) is 30.3 Å². The van der Waals surface area contributed by atoms with Gasteiger partial charge in [0.1, 0.15) is 10.9 Å². The fourth-order valence-electron chi connectivity index (χ4n) is 2.64. The predicted molar refractivity (Wildman–Crippen MR) is 118 cm³/mol. The van der Waals surface area contributed by atoms with Gasteiger partial charge in [0.15, 0.2) is 11.5 Å². The number of hydrogen-bond acceptors (Lipinski definition) is 6. The Morgan fingerprint density at radius 3 is 2.69 bits per heavy atom. The van der Waals surface area contributed by atoms with Crippen LogP contribution in [0.25, 0.3) is 6.08 Å². The van der Waals surface area contributed by atoms with Gasteiger partial charge in [-0.25, -0.2) is 0 Å². The number of nitrogens with zero attached hydrogens (tertiary/aromatic N) is 1. The number of nitrogens with one attached hydrogen (secondary N) is 1. The van der Waals surface area contributed by atoms with Gasteiger partial charge in [0.05, 0.1) is 4.91 Å². The second-order valence-electron chi connectivity index (χ2n) is 6.21. The molecule has 2 aromatic carbocycles. The Balaban J connectivity index is 1.56. The van der Waals surface area contributed by atoms with Crippen molar-refractivity contribution in [2.24, 2.45) is 0 Å². The van der Waals surface area contributed by atoms with Crippen molar-refractivity contribution in [2.75, 3.05) is 13.1 Å². The van der Waals surface area contributed by atoms with Crippen molar-refractivity contribution in [1.82, 2.24) is 10.2 Å². The van der Waals surface area contributed by atoms with E-state index in [1.165, 1.54) is 17.0 Å². The Kier molecular flexibility index (Phi) is 6.79. The van der Waals surface area contributed by atoms with Gasteiger partial charge < -0.3 is 15.5 Å². The molecule has 0 unspecified atom stereocenters. The third-order valence-corrected chi connectivity index (χ3v) is 5.86. The van der Waals surface area contributed by atoms with Gasteiger partial charge in [-0.3, -0.25) is 14.5 Å². The molecule has 0 aliphatic carbocycles. The first-order valence-corrected chi connectivity index (χ1v) is 10.2. The highest BCUT2D eigenvalue weighted by molar-refractivity contribution is 8.26. The number of hydrogen-bond donors (Lipinski definition) is 3. The fraction of sp³-hybridized carbons (Fsp3) is 0.150. The molecule has 1 aliphatic rings. The summed E-state index contributed by atoms with van der Waals surface area (Å²) in [4.78, 5) is 26.5. The van der Waals surface area contributed by atoms with Crippen LogP contribution in [0.15, 0.2) is 47.4 Å². The number of benzene rings is 2. The smallest absolute Gasteiger partial charge is 0.266 e. The van der Waals surface area contributed by atoms with Crippen LogP contribution in [0.3, 0.4) is 0 Å². The molecule has 3 rings (SSSR count). The minimum Gasteiger partial charge on any atom is -0.504 e. The second-order valence-corrected chi connectivity index (χ2v) is 8.30. The Labute approximate surface area is 182 Å². The minimum atomic E-state index is -0.344. The number of carbonyl (C=O) groups excluding carboxylic acids is 2. The van der Waals surface area contributed by atoms with Crippen molar-refractivity contribution in [1.29, 1.82) is 0 Å². The second kappa shape index (κ2) is 9.30. The van der Waals surface area contributed by atoms with E-state index >= 15 is 0 Å². The van der Waals surface area contributed by atoms with Crippen LogP contribution in [0.5, 0.6) is 11.5 Å². The average Bonchev–Trinajstić information content (AvgIpc) is 2.94. The summed E-state index contributed by atoms with van der Waals surface area (Å²) in [7, 11) is 0. The lowest BCUT2D eigenvalue weighted by atomic mass is 10.1. The summed E-state index contributed by atoms with van der Waals surface area (Å²) in [6.45, 7) is 0.138. The predicted octanol–water partition coefficient (Wildman–Crippen LogP) is 3.31. The van der Waals surface area contributed by atoms with Crippen LogP contribution in [0.1, 0.15) is 11.1 Å². The molecule has 0 spiro atoms. The summed E-state index contributed by atoms with van der Waals surface area (Å²) in [5, 5.41) is 22.0. The molecule has 150 valence electrons. The lowest BCUT2D eigenvalue weighted by Crippen LogP contribution is -2.40. The number of amides is 2. The Bertz CT molecular complexity index is 1010. The van der Waals surface area contributed by atoms with Crippen LogP contribution in [0.4, 0.5) is 0 Å². The van der Waals surface area contributed by atoms with Crippen molar-refractivity contribution in [2.45, 2.75) is 6.42 Å². The topological polar surface area (TPSA) is 89.9 Å². The van der Waals surface area contributed by atoms with Crippen LogP contribution >= 0.6 is 35.6 Å². The van der Waals surface area contributed by atoms with E-state index in [1.807, 2.05) is 6.07 Å². The molecule has 1 heterocycles. The highest BCUT2D eigenvalue weighted by atomic mass is 35.5. The fourth-order valence-corrected chi connectivity index (χ4v) is 4.08. The van der Waals surface area contributed by atoms with E-state index in [0.29, 0.717) is 32.8 Å². The number of halogens is 1. The van der Waals surface area contributed by atoms with Gasteiger partial charge in [0.25, 0.3) is 5.91 Å². The molecule has 0 aromatic heterocycles. The van der Waals surface area contributed by atoms with E-state index in [4.69, 9.17) is 23.8 Å². The number of aromatic hydroxyl groups is 2. The summed E-state index contributed by atoms with van der Waals surface area (Å²) < 4.78 is 0.312. The molecule has 0 atom stereocenters. The lowest BCUT2D eigenvalue weighted by molar-refractivity contribution is -0.128. The first-order chi connectivity index (χ1) is 13.8. The van der Waals surface area contributed by atoms with E-state index in [-0.39, 0.29) is 29.9 Å². The largest absolute Gasteiger partial charge is 0.504 e. The van der Waals surface area contributed by atoms with Gasteiger partial charge in [0.2, 0.25) is 5.91 Å². The molecule has 1 aliphatic heterocycles. The van der Waals surface area contributed by atoms with Crippen molar-refractivity contribution in [3.8, 4) is 11.5 Å². The molecular formula is C20H17ClN2O4S2. The number of thioether (sulfide) groups is 1. The van der Waals surface area contributed by atoms with Crippen molar-refractivity contribution in [3.05, 3.63) is 63.5 Å². The van der Waals surface area contributed by atoms with Gasteiger partial charge in [-0.2, -0.15) is 0 Å². The van der Waals surface area contributed by atoms with E-state index < -0.39 is 0 Å². The maximum atomic E-state index is 12.6. The van der Waals surface area contributed by atoms with Gasteiger partial charge >= 0.3 is 0 Å². The molecule has 0 radical (unpaired) electrons. The van der Waals surface area contributed by atoms with Crippen LogP contribution in [-0.2, 0) is 16.0 Å². The number of phenolic OH excluding ortho intramolecular Hbond substituents is 2. The monoisotopic (exact) mass is 448 g/mol.